The molecule has 0 radical (unpaired) electrons. The third-order valence-electron chi connectivity index (χ3n) is 3.64. The van der Waals surface area contributed by atoms with E-state index in [1.165, 1.54) is 12.5 Å². The maximum absolute atomic E-state index is 11.6. The van der Waals surface area contributed by atoms with Crippen molar-refractivity contribution in [2.45, 2.75) is 53.4 Å². The third-order valence-corrected chi connectivity index (χ3v) is 3.64. The zero-order valence-electron chi connectivity index (χ0n) is 15.8. The first kappa shape index (κ1) is 20.7. The predicted octanol–water partition coefficient (Wildman–Crippen LogP) is 3.36. The van der Waals surface area contributed by atoms with Gasteiger partial charge < -0.3 is 9.84 Å². The van der Waals surface area contributed by atoms with Crippen molar-refractivity contribution in [3.8, 4) is 5.75 Å². The molecule has 0 bridgehead atoms. The minimum atomic E-state index is -1.19. The molecule has 0 aliphatic rings. The summed E-state index contributed by atoms with van der Waals surface area (Å²) in [6.07, 6.45) is 1.05. The number of amides is 1. The first-order valence-corrected chi connectivity index (χ1v) is 8.20. The molecule has 0 aliphatic heterocycles. The van der Waals surface area contributed by atoms with Crippen LogP contribution in [0.15, 0.2) is 29.4 Å². The van der Waals surface area contributed by atoms with E-state index in [-0.39, 0.29) is 23.1 Å². The fraction of sp³-hybridized carbons (Fsp3) is 0.526. The van der Waals surface area contributed by atoms with Crippen molar-refractivity contribution in [2.24, 2.45) is 10.5 Å². The van der Waals surface area contributed by atoms with Crippen LogP contribution in [-0.2, 0) is 15.0 Å². The van der Waals surface area contributed by atoms with Crippen LogP contribution in [0.2, 0.25) is 0 Å². The summed E-state index contributed by atoms with van der Waals surface area (Å²) in [5.74, 6) is -1.13. The predicted molar refractivity (Wildman–Crippen MR) is 97.9 cm³/mol. The molecule has 25 heavy (non-hydrogen) atoms. The number of ether oxygens (including phenoxy) is 1. The van der Waals surface area contributed by atoms with Gasteiger partial charge in [0.25, 0.3) is 5.91 Å². The SMILES string of the molecule is C/C(=N\NC(=O)COc1ccc(C(C)(C)CC(C)(C)C)cc1)C(=O)O. The van der Waals surface area contributed by atoms with E-state index in [9.17, 15) is 9.59 Å². The Morgan fingerprint density at radius 3 is 2.16 bits per heavy atom. The van der Waals surface area contributed by atoms with Crippen molar-refractivity contribution < 1.29 is 19.4 Å². The molecular weight excluding hydrogens is 320 g/mol. The number of benzene rings is 1. The molecule has 6 nitrogen and oxygen atoms in total. The number of carbonyl (C=O) groups excluding carboxylic acids is 1. The number of nitrogens with one attached hydrogen (secondary N) is 1. The van der Waals surface area contributed by atoms with Gasteiger partial charge >= 0.3 is 5.97 Å². The standard InChI is InChI=1S/C19H28N2O4/c1-13(17(23)24)20-21-16(22)11-25-15-9-7-14(8-10-15)19(5,6)12-18(2,3)4/h7-10H,11-12H2,1-6H3,(H,21,22)(H,23,24)/b20-13+. The van der Waals surface area contributed by atoms with Gasteiger partial charge in [0.1, 0.15) is 11.5 Å². The van der Waals surface area contributed by atoms with Gasteiger partial charge in [-0.15, -0.1) is 0 Å². The van der Waals surface area contributed by atoms with Gasteiger partial charge in [0.05, 0.1) is 0 Å². The van der Waals surface area contributed by atoms with Gasteiger partial charge in [0.2, 0.25) is 0 Å². The van der Waals surface area contributed by atoms with Crippen molar-refractivity contribution in [3.63, 3.8) is 0 Å². The lowest BCUT2D eigenvalue weighted by molar-refractivity contribution is -0.129. The van der Waals surface area contributed by atoms with Gasteiger partial charge in [0.15, 0.2) is 6.61 Å². The number of carbonyl (C=O) groups is 2. The van der Waals surface area contributed by atoms with E-state index in [1.54, 1.807) is 0 Å². The molecule has 0 spiro atoms. The minimum Gasteiger partial charge on any atom is -0.484 e. The van der Waals surface area contributed by atoms with Crippen molar-refractivity contribution >= 4 is 17.6 Å². The summed E-state index contributed by atoms with van der Waals surface area (Å²) in [7, 11) is 0. The number of hydrazone groups is 1. The van der Waals surface area contributed by atoms with Crippen LogP contribution in [-0.4, -0.2) is 29.3 Å². The molecule has 1 aromatic carbocycles. The lowest BCUT2D eigenvalue weighted by Gasteiger charge is -2.33. The molecular formula is C19H28N2O4. The van der Waals surface area contributed by atoms with Crippen LogP contribution in [0.5, 0.6) is 5.75 Å². The summed E-state index contributed by atoms with van der Waals surface area (Å²) in [6.45, 7) is 12.1. The Morgan fingerprint density at radius 1 is 1.12 bits per heavy atom. The van der Waals surface area contributed by atoms with Gasteiger partial charge in [-0.3, -0.25) is 4.79 Å². The molecule has 0 unspecified atom stereocenters. The van der Waals surface area contributed by atoms with Gasteiger partial charge in [-0.05, 0) is 41.9 Å². The number of carboxylic acids is 1. The lowest BCUT2D eigenvalue weighted by atomic mass is 9.72. The Balaban J connectivity index is 2.61. The van der Waals surface area contributed by atoms with Crippen molar-refractivity contribution in [2.75, 3.05) is 6.61 Å². The van der Waals surface area contributed by atoms with Crippen LogP contribution in [0.25, 0.3) is 0 Å². The average Bonchev–Trinajstić information content (AvgIpc) is 2.48. The van der Waals surface area contributed by atoms with E-state index in [1.807, 2.05) is 24.3 Å². The molecule has 0 aliphatic carbocycles. The molecule has 0 heterocycles. The summed E-state index contributed by atoms with van der Waals surface area (Å²) in [6, 6.07) is 7.68. The molecule has 1 amide bonds. The number of carboxylic acid groups (broad SMARTS) is 1. The smallest absolute Gasteiger partial charge is 0.351 e. The van der Waals surface area contributed by atoms with Crippen LogP contribution < -0.4 is 10.2 Å². The van der Waals surface area contributed by atoms with Crippen LogP contribution in [0.4, 0.5) is 0 Å². The number of aliphatic carboxylic acids is 1. The number of rotatable bonds is 7. The van der Waals surface area contributed by atoms with Crippen LogP contribution in [0.3, 0.4) is 0 Å². The van der Waals surface area contributed by atoms with Crippen molar-refractivity contribution in [1.29, 1.82) is 0 Å². The van der Waals surface area contributed by atoms with E-state index < -0.39 is 11.9 Å². The lowest BCUT2D eigenvalue weighted by Crippen LogP contribution is -2.27. The summed E-state index contributed by atoms with van der Waals surface area (Å²) in [4.78, 5) is 22.2. The highest BCUT2D eigenvalue weighted by Crippen LogP contribution is 2.36. The highest BCUT2D eigenvalue weighted by molar-refractivity contribution is 6.34. The van der Waals surface area contributed by atoms with Gasteiger partial charge in [-0.25, -0.2) is 10.2 Å². The second-order valence-corrected chi connectivity index (χ2v) is 7.97. The summed E-state index contributed by atoms with van der Waals surface area (Å²) >= 11 is 0. The molecule has 1 rings (SSSR count). The van der Waals surface area contributed by atoms with Crippen LogP contribution in [0, 0.1) is 5.41 Å². The zero-order chi connectivity index (χ0) is 19.3. The number of hydrogen-bond donors (Lipinski definition) is 2. The van der Waals surface area contributed by atoms with Crippen LogP contribution >= 0.6 is 0 Å². The van der Waals surface area contributed by atoms with E-state index in [4.69, 9.17) is 9.84 Å². The van der Waals surface area contributed by atoms with E-state index in [2.05, 4.69) is 45.1 Å². The molecule has 0 saturated heterocycles. The van der Waals surface area contributed by atoms with Crippen LogP contribution in [0.1, 0.15) is 53.5 Å². The van der Waals surface area contributed by atoms with Crippen molar-refractivity contribution in [1.82, 2.24) is 5.43 Å². The monoisotopic (exact) mass is 348 g/mol. The Labute approximate surface area is 149 Å². The van der Waals surface area contributed by atoms with E-state index in [0.717, 1.165) is 6.42 Å². The zero-order valence-corrected chi connectivity index (χ0v) is 15.8. The highest BCUT2D eigenvalue weighted by Gasteiger charge is 2.27. The quantitative estimate of drug-likeness (QED) is 0.584. The first-order valence-electron chi connectivity index (χ1n) is 8.20. The molecule has 0 saturated carbocycles. The maximum Gasteiger partial charge on any atom is 0.351 e. The van der Waals surface area contributed by atoms with Gasteiger partial charge in [0, 0.05) is 0 Å². The molecule has 138 valence electrons. The summed E-state index contributed by atoms with van der Waals surface area (Å²) < 4.78 is 5.40. The Kier molecular flexibility index (Phi) is 6.73. The molecule has 1 aromatic rings. The molecule has 0 aromatic heterocycles. The highest BCUT2D eigenvalue weighted by atomic mass is 16.5. The Bertz CT molecular complexity index is 640. The second-order valence-electron chi connectivity index (χ2n) is 7.97. The molecule has 0 fully saturated rings. The minimum absolute atomic E-state index is 0.0389. The molecule has 2 N–H and O–H groups in total. The first-order chi connectivity index (χ1) is 11.4. The number of nitrogens with zero attached hydrogens (tertiary/aromatic N) is 1. The fourth-order valence-corrected chi connectivity index (χ4v) is 2.81. The largest absolute Gasteiger partial charge is 0.484 e. The number of hydrogen-bond acceptors (Lipinski definition) is 4. The molecule has 0 atom stereocenters. The third kappa shape index (κ3) is 7.37. The second kappa shape index (κ2) is 8.14. The summed E-state index contributed by atoms with van der Waals surface area (Å²) in [5.41, 5.74) is 3.42. The Hall–Kier alpha value is -2.37. The summed E-state index contributed by atoms with van der Waals surface area (Å²) in [5, 5.41) is 12.1. The fourth-order valence-electron chi connectivity index (χ4n) is 2.81. The maximum atomic E-state index is 11.6. The van der Waals surface area contributed by atoms with Gasteiger partial charge in [-0.1, -0.05) is 46.8 Å². The van der Waals surface area contributed by atoms with E-state index in [0.29, 0.717) is 5.75 Å². The Morgan fingerprint density at radius 2 is 1.68 bits per heavy atom. The van der Waals surface area contributed by atoms with Crippen molar-refractivity contribution in [3.05, 3.63) is 29.8 Å². The topological polar surface area (TPSA) is 88.0 Å². The van der Waals surface area contributed by atoms with Gasteiger partial charge in [-0.2, -0.15) is 5.10 Å². The normalized spacial score (nSPS) is 12.6. The molecule has 6 heteroatoms. The average molecular weight is 348 g/mol. The van der Waals surface area contributed by atoms with E-state index >= 15 is 0 Å².